The van der Waals surface area contributed by atoms with Gasteiger partial charge in [0.2, 0.25) is 0 Å². The third-order valence-electron chi connectivity index (χ3n) is 3.62. The number of rotatable bonds is 3. The highest BCUT2D eigenvalue weighted by atomic mass is 16.2. The van der Waals surface area contributed by atoms with Gasteiger partial charge in [-0.1, -0.05) is 11.6 Å². The molecule has 3 nitrogen and oxygen atoms in total. The molecule has 17 heavy (non-hydrogen) atoms. The number of carbonyl (C=O) groups excluding carboxylic acids is 1. The topological polar surface area (TPSA) is 32.3 Å². The molecular weight excluding hydrogens is 212 g/mol. The highest BCUT2D eigenvalue weighted by molar-refractivity contribution is 5.99. The molecule has 92 valence electrons. The molecule has 0 saturated heterocycles. The Morgan fingerprint density at radius 1 is 1.41 bits per heavy atom. The standard InChI is InChI=1S/C14H20N2O/c1-10-7-8-13(15-2)12(9-10)14(17)16(3)11-5-4-6-11/h7-9,11,15H,4-6H2,1-3H3. The molecule has 3 heteroatoms. The molecule has 1 N–H and O–H groups in total. The lowest BCUT2D eigenvalue weighted by Crippen LogP contribution is -2.41. The lowest BCUT2D eigenvalue weighted by Gasteiger charge is -2.35. The third-order valence-corrected chi connectivity index (χ3v) is 3.62. The molecule has 0 spiro atoms. The van der Waals surface area contributed by atoms with Gasteiger partial charge in [0.05, 0.1) is 5.56 Å². The van der Waals surface area contributed by atoms with Crippen molar-refractivity contribution in [3.05, 3.63) is 29.3 Å². The van der Waals surface area contributed by atoms with E-state index in [-0.39, 0.29) is 5.91 Å². The summed E-state index contributed by atoms with van der Waals surface area (Å²) in [6.07, 6.45) is 3.53. The van der Waals surface area contributed by atoms with E-state index in [1.54, 1.807) is 0 Å². The Morgan fingerprint density at radius 2 is 2.12 bits per heavy atom. The molecule has 1 saturated carbocycles. The first-order valence-corrected chi connectivity index (χ1v) is 6.19. The molecule has 0 aliphatic heterocycles. The van der Waals surface area contributed by atoms with Crippen molar-refractivity contribution in [2.75, 3.05) is 19.4 Å². The fraction of sp³-hybridized carbons (Fsp3) is 0.500. The van der Waals surface area contributed by atoms with Gasteiger partial charge in [-0.05, 0) is 38.3 Å². The van der Waals surface area contributed by atoms with Crippen LogP contribution in [-0.2, 0) is 0 Å². The Labute approximate surface area is 103 Å². The highest BCUT2D eigenvalue weighted by Crippen LogP contribution is 2.26. The van der Waals surface area contributed by atoms with Crippen molar-refractivity contribution in [3.63, 3.8) is 0 Å². The normalized spacial score (nSPS) is 15.2. The predicted molar refractivity (Wildman–Crippen MR) is 70.5 cm³/mol. The minimum atomic E-state index is 0.128. The summed E-state index contributed by atoms with van der Waals surface area (Å²) >= 11 is 0. The number of nitrogens with one attached hydrogen (secondary N) is 1. The molecule has 1 aromatic carbocycles. The Bertz CT molecular complexity index is 424. The van der Waals surface area contributed by atoms with E-state index < -0.39 is 0 Å². The van der Waals surface area contributed by atoms with Gasteiger partial charge in [0, 0.05) is 25.8 Å². The molecule has 1 amide bonds. The third kappa shape index (κ3) is 2.28. The molecular formula is C14H20N2O. The van der Waals surface area contributed by atoms with Gasteiger partial charge in [0.15, 0.2) is 0 Å². The summed E-state index contributed by atoms with van der Waals surface area (Å²) in [5, 5.41) is 3.09. The van der Waals surface area contributed by atoms with Gasteiger partial charge in [0.1, 0.15) is 0 Å². The SMILES string of the molecule is CNc1ccc(C)cc1C(=O)N(C)C1CCC1. The first kappa shape index (κ1) is 12.0. The fourth-order valence-electron chi connectivity index (χ4n) is 2.18. The first-order chi connectivity index (χ1) is 8.13. The first-order valence-electron chi connectivity index (χ1n) is 6.19. The van der Waals surface area contributed by atoms with Crippen LogP contribution < -0.4 is 5.32 Å². The molecule has 0 heterocycles. The number of nitrogens with zero attached hydrogens (tertiary/aromatic N) is 1. The van der Waals surface area contributed by atoms with Gasteiger partial charge >= 0.3 is 0 Å². The van der Waals surface area contributed by atoms with Crippen LogP contribution in [0.3, 0.4) is 0 Å². The maximum absolute atomic E-state index is 12.4. The second-order valence-corrected chi connectivity index (χ2v) is 4.80. The highest BCUT2D eigenvalue weighted by Gasteiger charge is 2.27. The monoisotopic (exact) mass is 232 g/mol. The second-order valence-electron chi connectivity index (χ2n) is 4.80. The number of aryl methyl sites for hydroxylation is 1. The van der Waals surface area contributed by atoms with Crippen LogP contribution in [0.25, 0.3) is 0 Å². The van der Waals surface area contributed by atoms with E-state index in [4.69, 9.17) is 0 Å². The van der Waals surface area contributed by atoms with Gasteiger partial charge in [-0.2, -0.15) is 0 Å². The quantitative estimate of drug-likeness (QED) is 0.869. The molecule has 0 bridgehead atoms. The van der Waals surface area contributed by atoms with Gasteiger partial charge in [-0.15, -0.1) is 0 Å². The zero-order chi connectivity index (χ0) is 12.4. The van der Waals surface area contributed by atoms with Gasteiger partial charge in [-0.25, -0.2) is 0 Å². The minimum absolute atomic E-state index is 0.128. The van der Waals surface area contributed by atoms with Crippen LogP contribution in [0.15, 0.2) is 18.2 Å². The summed E-state index contributed by atoms with van der Waals surface area (Å²) in [7, 11) is 3.76. The van der Waals surface area contributed by atoms with E-state index in [0.717, 1.165) is 29.7 Å². The maximum Gasteiger partial charge on any atom is 0.255 e. The Kier molecular flexibility index (Phi) is 3.36. The summed E-state index contributed by atoms with van der Waals surface area (Å²) in [5.74, 6) is 0.128. The van der Waals surface area contributed by atoms with Crippen molar-refractivity contribution in [1.82, 2.24) is 4.90 Å². The molecule has 0 atom stereocenters. The Balaban J connectivity index is 2.25. The van der Waals surface area contributed by atoms with E-state index in [0.29, 0.717) is 6.04 Å². The van der Waals surface area contributed by atoms with Crippen LogP contribution in [-0.4, -0.2) is 30.9 Å². The van der Waals surface area contributed by atoms with Crippen molar-refractivity contribution in [2.24, 2.45) is 0 Å². The number of carbonyl (C=O) groups is 1. The predicted octanol–water partition coefficient (Wildman–Crippen LogP) is 2.66. The van der Waals surface area contributed by atoms with Gasteiger partial charge in [0.25, 0.3) is 5.91 Å². The van der Waals surface area contributed by atoms with Crippen LogP contribution in [0.4, 0.5) is 5.69 Å². The number of anilines is 1. The van der Waals surface area contributed by atoms with Gasteiger partial charge in [-0.3, -0.25) is 4.79 Å². The number of hydrogen-bond donors (Lipinski definition) is 1. The van der Waals surface area contributed by atoms with Crippen LogP contribution in [0, 0.1) is 6.92 Å². The van der Waals surface area contributed by atoms with Gasteiger partial charge < -0.3 is 10.2 Å². The van der Waals surface area contributed by atoms with E-state index in [1.807, 2.05) is 44.1 Å². The average molecular weight is 232 g/mol. The second kappa shape index (κ2) is 4.78. The molecule has 1 aliphatic rings. The smallest absolute Gasteiger partial charge is 0.255 e. The Morgan fingerprint density at radius 3 is 2.65 bits per heavy atom. The zero-order valence-electron chi connectivity index (χ0n) is 10.8. The zero-order valence-corrected chi connectivity index (χ0v) is 10.8. The fourth-order valence-corrected chi connectivity index (χ4v) is 2.18. The van der Waals surface area contributed by atoms with Crippen molar-refractivity contribution in [1.29, 1.82) is 0 Å². The van der Waals surface area contributed by atoms with E-state index in [9.17, 15) is 4.79 Å². The lowest BCUT2D eigenvalue weighted by atomic mass is 9.91. The molecule has 0 unspecified atom stereocenters. The van der Waals surface area contributed by atoms with Crippen molar-refractivity contribution in [2.45, 2.75) is 32.2 Å². The van der Waals surface area contributed by atoms with Crippen molar-refractivity contribution >= 4 is 11.6 Å². The molecule has 0 aromatic heterocycles. The lowest BCUT2D eigenvalue weighted by molar-refractivity contribution is 0.0653. The summed E-state index contributed by atoms with van der Waals surface area (Å²) in [5.41, 5.74) is 2.81. The van der Waals surface area contributed by atoms with E-state index in [1.165, 1.54) is 6.42 Å². The van der Waals surface area contributed by atoms with Crippen LogP contribution in [0.5, 0.6) is 0 Å². The summed E-state index contributed by atoms with van der Waals surface area (Å²) in [6.45, 7) is 2.01. The maximum atomic E-state index is 12.4. The van der Waals surface area contributed by atoms with Crippen molar-refractivity contribution in [3.8, 4) is 0 Å². The summed E-state index contributed by atoms with van der Waals surface area (Å²) < 4.78 is 0. The van der Waals surface area contributed by atoms with Crippen LogP contribution >= 0.6 is 0 Å². The largest absolute Gasteiger partial charge is 0.387 e. The molecule has 2 rings (SSSR count). The molecule has 1 aromatic rings. The average Bonchev–Trinajstić information content (AvgIpc) is 2.25. The minimum Gasteiger partial charge on any atom is -0.387 e. The van der Waals surface area contributed by atoms with E-state index >= 15 is 0 Å². The molecule has 1 aliphatic carbocycles. The van der Waals surface area contributed by atoms with Crippen LogP contribution in [0.1, 0.15) is 35.2 Å². The molecule has 1 fully saturated rings. The van der Waals surface area contributed by atoms with E-state index in [2.05, 4.69) is 5.32 Å². The number of hydrogen-bond acceptors (Lipinski definition) is 2. The van der Waals surface area contributed by atoms with Crippen molar-refractivity contribution < 1.29 is 4.79 Å². The summed E-state index contributed by atoms with van der Waals surface area (Å²) in [4.78, 5) is 14.3. The number of benzene rings is 1. The Hall–Kier alpha value is -1.51. The van der Waals surface area contributed by atoms with Crippen LogP contribution in [0.2, 0.25) is 0 Å². The molecule has 0 radical (unpaired) electrons. The summed E-state index contributed by atoms with van der Waals surface area (Å²) in [6, 6.07) is 6.39. The number of amides is 1.